The van der Waals surface area contributed by atoms with Crippen molar-refractivity contribution < 1.29 is 21.6 Å². The van der Waals surface area contributed by atoms with Crippen molar-refractivity contribution in [2.45, 2.75) is 83.3 Å². The zero-order valence-corrected chi connectivity index (χ0v) is 19.5. The maximum atomic E-state index is 13.4. The van der Waals surface area contributed by atoms with Gasteiger partial charge in [0.2, 0.25) is 0 Å². The van der Waals surface area contributed by atoms with Crippen LogP contribution in [-0.2, 0) is 23.3 Å². The molecule has 0 N–H and O–H groups in total. The normalized spacial score (nSPS) is 42.1. The number of hydrogen-bond donors (Lipinski definition) is 0. The summed E-state index contributed by atoms with van der Waals surface area (Å²) in [5, 5.41) is 0.208. The minimum absolute atomic E-state index is 0.0985. The first-order chi connectivity index (χ1) is 13.7. The highest BCUT2D eigenvalue weighted by Gasteiger charge is 2.65. The number of carbonyl (C=O) groups excluding carboxylic acids is 2. The summed E-state index contributed by atoms with van der Waals surface area (Å²) in [5.41, 5.74) is -1.11. The summed E-state index contributed by atoms with van der Waals surface area (Å²) >= 11 is 0. The largest absolute Gasteiger partial charge is 0.302 e. The van der Waals surface area contributed by atoms with Crippen LogP contribution >= 0.6 is 10.3 Å². The molecule has 5 nitrogen and oxygen atoms in total. The summed E-state index contributed by atoms with van der Waals surface area (Å²) in [4.78, 5) is 24.5. The van der Waals surface area contributed by atoms with Crippen LogP contribution < -0.4 is 0 Å². The Hall–Kier alpha value is -0.400. The molecule has 1 heterocycles. The fourth-order valence-electron chi connectivity index (χ4n) is 7.05. The van der Waals surface area contributed by atoms with E-state index >= 15 is 0 Å². The van der Waals surface area contributed by atoms with Crippen molar-refractivity contribution in [3.05, 3.63) is 0 Å². The van der Waals surface area contributed by atoms with E-state index in [1.54, 1.807) is 0 Å². The predicted molar refractivity (Wildman–Crippen MR) is 116 cm³/mol. The SMILES string of the molecule is CC1(C)C2CCC1(CS(=O)(=O)OS1(CC=O)CCCCC1C1CCCC1)C(=O)C2. The van der Waals surface area contributed by atoms with Gasteiger partial charge < -0.3 is 4.79 Å². The van der Waals surface area contributed by atoms with Gasteiger partial charge in [-0.2, -0.15) is 8.42 Å². The number of ketones is 1. The van der Waals surface area contributed by atoms with E-state index in [1.165, 1.54) is 12.8 Å². The smallest absolute Gasteiger partial charge is 0.277 e. The van der Waals surface area contributed by atoms with Crippen molar-refractivity contribution in [1.82, 2.24) is 0 Å². The third kappa shape index (κ3) is 3.53. The number of carbonyl (C=O) groups is 2. The first-order valence-electron chi connectivity index (χ1n) is 11.3. The summed E-state index contributed by atoms with van der Waals surface area (Å²) < 4.78 is 33.0. The van der Waals surface area contributed by atoms with Crippen LogP contribution in [0.3, 0.4) is 0 Å². The fourth-order valence-corrected chi connectivity index (χ4v) is 14.3. The van der Waals surface area contributed by atoms with E-state index in [1.807, 2.05) is 0 Å². The van der Waals surface area contributed by atoms with Crippen LogP contribution in [0, 0.1) is 22.7 Å². The molecule has 1 aliphatic heterocycles. The second kappa shape index (κ2) is 7.63. The Balaban J connectivity index is 1.62. The monoisotopic (exact) mass is 444 g/mol. The number of rotatable bonds is 7. The Kier molecular flexibility index (Phi) is 5.74. The quantitative estimate of drug-likeness (QED) is 0.544. The highest BCUT2D eigenvalue weighted by molar-refractivity contribution is 8.33. The van der Waals surface area contributed by atoms with Gasteiger partial charge in [-0.15, -0.1) is 10.3 Å². The molecule has 1 saturated heterocycles. The van der Waals surface area contributed by atoms with Crippen LogP contribution in [-0.4, -0.2) is 43.0 Å². The van der Waals surface area contributed by atoms with Crippen LogP contribution in [0.1, 0.15) is 78.1 Å². The molecule has 0 amide bonds. The lowest BCUT2D eigenvalue weighted by Gasteiger charge is -2.49. The molecule has 7 heteroatoms. The van der Waals surface area contributed by atoms with Gasteiger partial charge >= 0.3 is 0 Å². The van der Waals surface area contributed by atoms with Crippen LogP contribution in [0.5, 0.6) is 0 Å². The second-order valence-electron chi connectivity index (χ2n) is 10.4. The molecule has 4 unspecified atom stereocenters. The van der Waals surface area contributed by atoms with E-state index in [0.29, 0.717) is 24.5 Å². The molecule has 0 radical (unpaired) electrons. The van der Waals surface area contributed by atoms with Crippen molar-refractivity contribution >= 4 is 32.5 Å². The lowest BCUT2D eigenvalue weighted by molar-refractivity contribution is -0.128. The Labute approximate surface area is 177 Å². The first kappa shape index (κ1) is 21.8. The average molecular weight is 445 g/mol. The average Bonchev–Trinajstić information content (AvgIpc) is 3.28. The van der Waals surface area contributed by atoms with Gasteiger partial charge in [-0.3, -0.25) is 4.79 Å². The van der Waals surface area contributed by atoms with Crippen molar-refractivity contribution in [3.63, 3.8) is 0 Å². The van der Waals surface area contributed by atoms with Gasteiger partial charge in [-0.05, 0) is 55.8 Å². The van der Waals surface area contributed by atoms with Crippen LogP contribution in [0.15, 0.2) is 0 Å². The van der Waals surface area contributed by atoms with Crippen LogP contribution in [0.25, 0.3) is 0 Å². The molecule has 0 spiro atoms. The molecule has 4 atom stereocenters. The number of aldehydes is 1. The third-order valence-electron chi connectivity index (χ3n) is 8.86. The minimum Gasteiger partial charge on any atom is -0.302 e. The number of fused-ring (bicyclic) bond motifs is 2. The lowest BCUT2D eigenvalue weighted by atomic mass is 9.70. The molecule has 3 saturated carbocycles. The maximum Gasteiger partial charge on any atom is 0.277 e. The number of hydrogen-bond acceptors (Lipinski definition) is 5. The van der Waals surface area contributed by atoms with Gasteiger partial charge in [-0.1, -0.05) is 33.1 Å². The maximum absolute atomic E-state index is 13.4. The molecular formula is C22H36O5S2. The summed E-state index contributed by atoms with van der Waals surface area (Å²) in [6, 6.07) is 0. The Bertz CT molecular complexity index is 770. The standard InChI is InChI=1S/C22H36O5S2/c1-21(2)18-10-11-22(21,20(24)15-18)16-29(25,26)27-28(14-12-23)13-6-5-9-19(28)17-7-3-4-8-17/h12,17-19H,3-11,13-16H2,1-2H3. The van der Waals surface area contributed by atoms with E-state index in [-0.39, 0.29) is 33.9 Å². The predicted octanol–water partition coefficient (Wildman–Crippen LogP) is 4.39. The minimum atomic E-state index is -3.90. The first-order valence-corrected chi connectivity index (χ1v) is 14.9. The van der Waals surface area contributed by atoms with E-state index < -0.39 is 25.8 Å². The molecule has 166 valence electrons. The van der Waals surface area contributed by atoms with Gasteiger partial charge in [0, 0.05) is 17.4 Å². The fraction of sp³-hybridized carbons (Fsp3) is 0.909. The van der Waals surface area contributed by atoms with E-state index in [2.05, 4.69) is 13.8 Å². The summed E-state index contributed by atoms with van der Waals surface area (Å²) in [6.07, 6.45) is 10.6. The molecule has 0 aromatic rings. The molecule has 0 aromatic carbocycles. The topological polar surface area (TPSA) is 77.5 Å². The van der Waals surface area contributed by atoms with E-state index in [4.69, 9.17) is 3.63 Å². The lowest BCUT2D eigenvalue weighted by Crippen LogP contribution is -2.44. The Morgan fingerprint density at radius 1 is 1.10 bits per heavy atom. The van der Waals surface area contributed by atoms with Gasteiger partial charge in [0.1, 0.15) is 12.1 Å². The molecule has 29 heavy (non-hydrogen) atoms. The highest BCUT2D eigenvalue weighted by atomic mass is 32.3. The zero-order chi connectivity index (χ0) is 20.9. The number of Topliss-reactive ketones (excluding diaryl/α,β-unsaturated/α-hetero) is 1. The van der Waals surface area contributed by atoms with E-state index in [9.17, 15) is 18.0 Å². The Morgan fingerprint density at radius 3 is 2.38 bits per heavy atom. The summed E-state index contributed by atoms with van der Waals surface area (Å²) in [5.74, 6) is 1.59. The van der Waals surface area contributed by atoms with Crippen molar-refractivity contribution in [2.24, 2.45) is 22.7 Å². The van der Waals surface area contributed by atoms with Crippen molar-refractivity contribution in [3.8, 4) is 0 Å². The highest BCUT2D eigenvalue weighted by Crippen LogP contribution is 2.66. The second-order valence-corrected chi connectivity index (χ2v) is 15.5. The van der Waals surface area contributed by atoms with Gasteiger partial charge in [0.15, 0.2) is 0 Å². The molecule has 4 aliphatic rings. The van der Waals surface area contributed by atoms with Gasteiger partial charge in [0.25, 0.3) is 10.1 Å². The molecule has 2 bridgehead atoms. The zero-order valence-electron chi connectivity index (χ0n) is 17.9. The molecular weight excluding hydrogens is 408 g/mol. The molecule has 4 fully saturated rings. The third-order valence-corrected chi connectivity index (χ3v) is 15.0. The van der Waals surface area contributed by atoms with E-state index in [0.717, 1.165) is 44.8 Å². The molecule has 0 aromatic heterocycles. The van der Waals surface area contributed by atoms with Crippen LogP contribution in [0.2, 0.25) is 0 Å². The van der Waals surface area contributed by atoms with Crippen molar-refractivity contribution in [2.75, 3.05) is 17.3 Å². The van der Waals surface area contributed by atoms with Crippen LogP contribution in [0.4, 0.5) is 0 Å². The summed E-state index contributed by atoms with van der Waals surface area (Å²) in [6.45, 7) is 4.11. The summed E-state index contributed by atoms with van der Waals surface area (Å²) in [7, 11) is -5.91. The van der Waals surface area contributed by atoms with Crippen molar-refractivity contribution in [1.29, 1.82) is 0 Å². The molecule has 3 aliphatic carbocycles. The Morgan fingerprint density at radius 2 is 1.79 bits per heavy atom. The van der Waals surface area contributed by atoms with Gasteiger partial charge in [-0.25, -0.2) is 3.63 Å². The molecule has 4 rings (SSSR count). The van der Waals surface area contributed by atoms with Gasteiger partial charge in [0.05, 0.1) is 16.9 Å².